The van der Waals surface area contributed by atoms with Crippen molar-refractivity contribution in [1.82, 2.24) is 24.6 Å². The Kier molecular flexibility index (Phi) is 9.48. The fraction of sp³-hybridized carbons (Fsp3) is 0.600. The molecule has 0 N–H and O–H groups in total. The molecular formula is C35H49FN6O4. The molecule has 3 amide bonds. The van der Waals surface area contributed by atoms with Gasteiger partial charge in [0, 0.05) is 80.1 Å². The van der Waals surface area contributed by atoms with Crippen LogP contribution in [0.5, 0.6) is 0 Å². The lowest BCUT2D eigenvalue weighted by atomic mass is 9.88. The van der Waals surface area contributed by atoms with Crippen LogP contribution in [0.15, 0.2) is 36.5 Å². The summed E-state index contributed by atoms with van der Waals surface area (Å²) in [6.45, 7) is 16.7. The van der Waals surface area contributed by atoms with E-state index in [2.05, 4.69) is 25.7 Å². The zero-order chi connectivity index (χ0) is 33.6. The lowest BCUT2D eigenvalue weighted by molar-refractivity contribution is -0.139. The molecule has 0 radical (unpaired) electrons. The summed E-state index contributed by atoms with van der Waals surface area (Å²) in [5, 5.41) is 0. The van der Waals surface area contributed by atoms with E-state index in [1.54, 1.807) is 17.0 Å². The number of fused-ring (bicyclic) bond motifs is 1. The van der Waals surface area contributed by atoms with Crippen LogP contribution >= 0.6 is 0 Å². The van der Waals surface area contributed by atoms with Gasteiger partial charge >= 0.3 is 6.09 Å². The second-order valence-corrected chi connectivity index (χ2v) is 15.0. The van der Waals surface area contributed by atoms with Crippen LogP contribution in [0.4, 0.5) is 14.9 Å². The number of carbonyl (C=O) groups excluding carboxylic acids is 3. The third-order valence-electron chi connectivity index (χ3n) is 9.44. The van der Waals surface area contributed by atoms with Crippen LogP contribution in [0.2, 0.25) is 0 Å². The monoisotopic (exact) mass is 636 g/mol. The summed E-state index contributed by atoms with van der Waals surface area (Å²) in [5.41, 5.74) is 2.69. The van der Waals surface area contributed by atoms with E-state index in [4.69, 9.17) is 9.72 Å². The molecule has 250 valence electrons. The number of benzene rings is 1. The molecule has 2 saturated heterocycles. The molecule has 2 aromatic rings. The van der Waals surface area contributed by atoms with Crippen LogP contribution in [0.3, 0.4) is 0 Å². The highest BCUT2D eigenvalue weighted by Crippen LogP contribution is 2.40. The summed E-state index contributed by atoms with van der Waals surface area (Å²) in [5.74, 6) is -0.271. The van der Waals surface area contributed by atoms with Crippen molar-refractivity contribution in [3.63, 3.8) is 0 Å². The number of pyridine rings is 1. The molecule has 1 aromatic carbocycles. The molecule has 11 heteroatoms. The largest absolute Gasteiger partial charge is 0.444 e. The van der Waals surface area contributed by atoms with Crippen LogP contribution in [0, 0.1) is 5.82 Å². The van der Waals surface area contributed by atoms with Crippen molar-refractivity contribution < 1.29 is 23.5 Å². The van der Waals surface area contributed by atoms with Crippen molar-refractivity contribution in [3.8, 4) is 0 Å². The van der Waals surface area contributed by atoms with Gasteiger partial charge in [-0.1, -0.05) is 26.0 Å². The molecule has 0 bridgehead atoms. The third kappa shape index (κ3) is 7.52. The van der Waals surface area contributed by atoms with E-state index >= 15 is 0 Å². The predicted octanol–water partition coefficient (Wildman–Crippen LogP) is 3.91. The number of halogens is 1. The van der Waals surface area contributed by atoms with E-state index in [0.29, 0.717) is 45.7 Å². The maximum Gasteiger partial charge on any atom is 0.410 e. The number of piperazine rings is 2. The quantitative estimate of drug-likeness (QED) is 0.475. The number of hydrogen-bond donors (Lipinski definition) is 0. The summed E-state index contributed by atoms with van der Waals surface area (Å²) < 4.78 is 19.2. The van der Waals surface area contributed by atoms with Crippen LogP contribution < -0.4 is 4.90 Å². The topological polar surface area (TPSA) is 89.5 Å². The van der Waals surface area contributed by atoms with Crippen LogP contribution in [0.25, 0.3) is 0 Å². The van der Waals surface area contributed by atoms with Gasteiger partial charge in [0.25, 0.3) is 0 Å². The first kappa shape index (κ1) is 33.8. The third-order valence-corrected chi connectivity index (χ3v) is 9.44. The molecule has 10 nitrogen and oxygen atoms in total. The summed E-state index contributed by atoms with van der Waals surface area (Å²) in [4.78, 5) is 54.9. The number of rotatable bonds is 6. The van der Waals surface area contributed by atoms with Crippen molar-refractivity contribution in [2.24, 2.45) is 0 Å². The Morgan fingerprint density at radius 3 is 2.43 bits per heavy atom. The molecular weight excluding hydrogens is 587 g/mol. The number of carbonyl (C=O) groups is 3. The van der Waals surface area contributed by atoms with E-state index in [1.807, 2.05) is 61.7 Å². The molecule has 0 spiro atoms. The fourth-order valence-electron chi connectivity index (χ4n) is 6.70. The average molecular weight is 637 g/mol. The van der Waals surface area contributed by atoms with Gasteiger partial charge in [-0.15, -0.1) is 0 Å². The summed E-state index contributed by atoms with van der Waals surface area (Å²) in [6.07, 6.45) is 2.01. The van der Waals surface area contributed by atoms with Gasteiger partial charge in [0.05, 0.1) is 18.8 Å². The number of likely N-dealkylation sites (N-methyl/N-ethyl adjacent to an activating group) is 1. The SMILES string of the molecule is C[C@@H]1CN(CC(=O)N2CC(C)(C)c3cnc(Cc4ccc(F)cc4)cc32)[C@@H](CN2C[C@H](C)N(C)CC2=O)CN1C(=O)OC(C)(C)C. The Bertz CT molecular complexity index is 1460. The molecule has 4 heterocycles. The van der Waals surface area contributed by atoms with Crippen molar-refractivity contribution in [2.45, 2.75) is 84.0 Å². The Balaban J connectivity index is 1.37. The van der Waals surface area contributed by atoms with Gasteiger partial charge in [-0.3, -0.25) is 24.4 Å². The second kappa shape index (κ2) is 12.9. The van der Waals surface area contributed by atoms with Gasteiger partial charge in [-0.25, -0.2) is 9.18 Å². The molecule has 1 aromatic heterocycles. The Hall–Kier alpha value is -3.57. The molecule has 3 aliphatic heterocycles. The minimum absolute atomic E-state index is 0.0354. The Labute approximate surface area is 272 Å². The first-order valence-corrected chi connectivity index (χ1v) is 16.3. The second-order valence-electron chi connectivity index (χ2n) is 15.0. The number of amides is 3. The van der Waals surface area contributed by atoms with E-state index in [1.165, 1.54) is 12.1 Å². The van der Waals surface area contributed by atoms with E-state index in [9.17, 15) is 18.8 Å². The predicted molar refractivity (Wildman–Crippen MR) is 175 cm³/mol. The standard InChI is InChI=1S/C35H49FN6O4/c1-23-16-40(31(43)20-38(23)8)18-28-19-41(33(45)46-34(3,4)5)24(2)17-39(28)21-32(44)42-22-35(6,7)29-15-37-27(14-30(29)42)13-25-9-11-26(36)12-10-25/h9-12,14-15,23-24,28H,13,16-22H2,1-8H3/t23-,24+,28-/m0/s1. The fourth-order valence-corrected chi connectivity index (χ4v) is 6.70. The van der Waals surface area contributed by atoms with E-state index in [0.717, 1.165) is 22.5 Å². The number of ether oxygens (including phenoxy) is 1. The van der Waals surface area contributed by atoms with Crippen molar-refractivity contribution >= 4 is 23.6 Å². The molecule has 0 aliphatic carbocycles. The van der Waals surface area contributed by atoms with Gasteiger partial charge in [0.15, 0.2) is 0 Å². The number of aromatic nitrogens is 1. The van der Waals surface area contributed by atoms with Gasteiger partial charge in [-0.2, -0.15) is 0 Å². The molecule has 0 saturated carbocycles. The van der Waals surface area contributed by atoms with Crippen LogP contribution in [-0.4, -0.2) is 119 Å². The summed E-state index contributed by atoms with van der Waals surface area (Å²) in [6, 6.07) is 8.15. The van der Waals surface area contributed by atoms with Crippen molar-refractivity contribution in [2.75, 3.05) is 57.8 Å². The highest BCUT2D eigenvalue weighted by Gasteiger charge is 2.42. The molecule has 3 atom stereocenters. The Morgan fingerprint density at radius 1 is 1.07 bits per heavy atom. The minimum atomic E-state index is -0.636. The first-order chi connectivity index (χ1) is 21.5. The smallest absolute Gasteiger partial charge is 0.410 e. The van der Waals surface area contributed by atoms with E-state index < -0.39 is 5.60 Å². The molecule has 0 unspecified atom stereocenters. The van der Waals surface area contributed by atoms with Gasteiger partial charge < -0.3 is 19.4 Å². The van der Waals surface area contributed by atoms with E-state index in [-0.39, 0.29) is 53.8 Å². The lowest BCUT2D eigenvalue weighted by Gasteiger charge is -2.47. The molecule has 2 fully saturated rings. The summed E-state index contributed by atoms with van der Waals surface area (Å²) in [7, 11) is 1.95. The van der Waals surface area contributed by atoms with Crippen LogP contribution in [0.1, 0.15) is 65.3 Å². The highest BCUT2D eigenvalue weighted by atomic mass is 19.1. The number of nitrogens with zero attached hydrogens (tertiary/aromatic N) is 6. The average Bonchev–Trinajstić information content (AvgIpc) is 3.23. The van der Waals surface area contributed by atoms with Gasteiger partial charge in [0.2, 0.25) is 11.8 Å². The van der Waals surface area contributed by atoms with Gasteiger partial charge in [-0.05, 0) is 65.4 Å². The number of hydrogen-bond acceptors (Lipinski definition) is 7. The number of anilines is 1. The summed E-state index contributed by atoms with van der Waals surface area (Å²) >= 11 is 0. The lowest BCUT2D eigenvalue weighted by Crippen LogP contribution is -2.65. The highest BCUT2D eigenvalue weighted by molar-refractivity contribution is 5.97. The zero-order valence-electron chi connectivity index (χ0n) is 28.5. The molecule has 3 aliphatic rings. The maximum absolute atomic E-state index is 14.2. The van der Waals surface area contributed by atoms with Gasteiger partial charge in [0.1, 0.15) is 11.4 Å². The normalized spacial score (nSPS) is 23.9. The maximum atomic E-state index is 14.2. The molecule has 5 rings (SSSR count). The van der Waals surface area contributed by atoms with Crippen LogP contribution in [-0.2, 0) is 26.2 Å². The Morgan fingerprint density at radius 2 is 1.76 bits per heavy atom. The minimum Gasteiger partial charge on any atom is -0.444 e. The van der Waals surface area contributed by atoms with Crippen molar-refractivity contribution in [3.05, 3.63) is 59.2 Å². The molecule has 46 heavy (non-hydrogen) atoms. The van der Waals surface area contributed by atoms with Crippen molar-refractivity contribution in [1.29, 1.82) is 0 Å². The first-order valence-electron chi connectivity index (χ1n) is 16.3. The zero-order valence-corrected chi connectivity index (χ0v) is 28.5.